The molecule has 4 heteroatoms. The summed E-state index contributed by atoms with van der Waals surface area (Å²) in [6.07, 6.45) is 2.58. The maximum Gasteiger partial charge on any atom is 0.326 e. The second-order valence-electron chi connectivity index (χ2n) is 3.17. The number of benzene rings is 1. The number of nitrogens with one attached hydrogen (secondary N) is 1. The summed E-state index contributed by atoms with van der Waals surface area (Å²) in [5.41, 5.74) is 0.849. The summed E-state index contributed by atoms with van der Waals surface area (Å²) in [6.45, 7) is 1.85. The molecule has 1 aromatic rings. The molecule has 0 amide bonds. The minimum absolute atomic E-state index is 0.509. The van der Waals surface area contributed by atoms with Crippen LogP contribution in [0, 0.1) is 0 Å². The zero-order valence-corrected chi connectivity index (χ0v) is 9.67. The molecule has 82 valence electrons. The summed E-state index contributed by atoms with van der Waals surface area (Å²) in [4.78, 5) is 12.0. The summed E-state index contributed by atoms with van der Waals surface area (Å²) in [5.74, 6) is -0.813. The van der Waals surface area contributed by atoms with Crippen molar-refractivity contribution in [1.29, 1.82) is 0 Å². The van der Waals surface area contributed by atoms with Crippen LogP contribution in [-0.2, 0) is 4.79 Å². The fraction of sp³-hybridized carbons (Fsp3) is 0.364. The van der Waals surface area contributed by atoms with Crippen LogP contribution in [-0.4, -0.2) is 23.4 Å². The third-order valence-corrected chi connectivity index (χ3v) is 2.88. The summed E-state index contributed by atoms with van der Waals surface area (Å²) in [7, 11) is 0. The van der Waals surface area contributed by atoms with Crippen molar-refractivity contribution >= 4 is 23.4 Å². The molecule has 0 saturated heterocycles. The molecular weight excluding hydrogens is 210 g/mol. The lowest BCUT2D eigenvalue weighted by Gasteiger charge is -2.13. The van der Waals surface area contributed by atoms with Crippen LogP contribution in [0.15, 0.2) is 29.2 Å². The van der Waals surface area contributed by atoms with Gasteiger partial charge in [-0.25, -0.2) is 4.79 Å². The molecule has 0 fully saturated rings. The number of rotatable bonds is 5. The highest BCUT2D eigenvalue weighted by Gasteiger charge is 2.13. The number of carbonyl (C=O) groups is 1. The van der Waals surface area contributed by atoms with Crippen molar-refractivity contribution in [3.05, 3.63) is 24.3 Å². The predicted molar refractivity (Wildman–Crippen MR) is 63.6 cm³/mol. The Kier molecular flexibility index (Phi) is 4.49. The lowest BCUT2D eigenvalue weighted by Crippen LogP contribution is -2.28. The maximum atomic E-state index is 10.8. The van der Waals surface area contributed by atoms with Crippen molar-refractivity contribution in [3.63, 3.8) is 0 Å². The molecule has 0 radical (unpaired) electrons. The molecule has 0 aliphatic rings. The Labute approximate surface area is 93.9 Å². The smallest absolute Gasteiger partial charge is 0.326 e. The molecule has 1 atom stereocenters. The Morgan fingerprint density at radius 1 is 1.47 bits per heavy atom. The topological polar surface area (TPSA) is 49.3 Å². The van der Waals surface area contributed by atoms with E-state index >= 15 is 0 Å². The van der Waals surface area contributed by atoms with Crippen molar-refractivity contribution in [2.24, 2.45) is 0 Å². The van der Waals surface area contributed by atoms with Crippen LogP contribution >= 0.6 is 11.8 Å². The van der Waals surface area contributed by atoms with Crippen LogP contribution < -0.4 is 5.32 Å². The highest BCUT2D eigenvalue weighted by molar-refractivity contribution is 7.98. The molecule has 0 heterocycles. The van der Waals surface area contributed by atoms with Gasteiger partial charge in [-0.2, -0.15) is 0 Å². The Morgan fingerprint density at radius 2 is 2.07 bits per heavy atom. The molecular formula is C11H15NO2S. The van der Waals surface area contributed by atoms with Gasteiger partial charge in [0.1, 0.15) is 6.04 Å². The number of carboxylic acid groups (broad SMARTS) is 1. The summed E-state index contributed by atoms with van der Waals surface area (Å²) < 4.78 is 0. The van der Waals surface area contributed by atoms with Gasteiger partial charge < -0.3 is 10.4 Å². The first-order valence-corrected chi connectivity index (χ1v) is 6.03. The molecule has 0 aliphatic heterocycles. The third kappa shape index (κ3) is 3.47. The summed E-state index contributed by atoms with van der Waals surface area (Å²) >= 11 is 1.66. The van der Waals surface area contributed by atoms with Crippen molar-refractivity contribution in [2.45, 2.75) is 24.3 Å². The second-order valence-corrected chi connectivity index (χ2v) is 4.05. The largest absolute Gasteiger partial charge is 0.480 e. The third-order valence-electron chi connectivity index (χ3n) is 2.14. The van der Waals surface area contributed by atoms with Crippen LogP contribution in [0.1, 0.15) is 13.3 Å². The van der Waals surface area contributed by atoms with E-state index in [1.165, 1.54) is 4.90 Å². The van der Waals surface area contributed by atoms with E-state index in [9.17, 15) is 4.79 Å². The number of aliphatic carboxylic acids is 1. The quantitative estimate of drug-likeness (QED) is 0.756. The van der Waals surface area contributed by atoms with E-state index in [0.717, 1.165) is 5.69 Å². The molecule has 15 heavy (non-hydrogen) atoms. The van der Waals surface area contributed by atoms with E-state index < -0.39 is 12.0 Å². The van der Waals surface area contributed by atoms with Gasteiger partial charge in [-0.15, -0.1) is 11.8 Å². The highest BCUT2D eigenvalue weighted by Crippen LogP contribution is 2.18. The van der Waals surface area contributed by atoms with Gasteiger partial charge in [-0.05, 0) is 36.9 Å². The van der Waals surface area contributed by atoms with Gasteiger partial charge in [0, 0.05) is 10.6 Å². The normalized spacial score (nSPS) is 12.1. The second kappa shape index (κ2) is 5.66. The van der Waals surface area contributed by atoms with Crippen molar-refractivity contribution in [1.82, 2.24) is 0 Å². The molecule has 0 aliphatic carbocycles. The zero-order chi connectivity index (χ0) is 11.3. The van der Waals surface area contributed by atoms with Gasteiger partial charge in [0.15, 0.2) is 0 Å². The molecule has 1 unspecified atom stereocenters. The minimum Gasteiger partial charge on any atom is -0.480 e. The molecule has 0 spiro atoms. The first-order chi connectivity index (χ1) is 7.17. The average molecular weight is 225 g/mol. The Hall–Kier alpha value is -1.16. The average Bonchev–Trinajstić information content (AvgIpc) is 2.26. The van der Waals surface area contributed by atoms with Gasteiger partial charge in [0.2, 0.25) is 0 Å². The van der Waals surface area contributed by atoms with E-state index in [-0.39, 0.29) is 0 Å². The van der Waals surface area contributed by atoms with Crippen LogP contribution in [0.25, 0.3) is 0 Å². The standard InChI is InChI=1S/C11H15NO2S/c1-3-10(11(13)14)12-8-4-6-9(15-2)7-5-8/h4-7,10,12H,3H2,1-2H3,(H,13,14). The highest BCUT2D eigenvalue weighted by atomic mass is 32.2. The van der Waals surface area contributed by atoms with Crippen LogP contribution in [0.2, 0.25) is 0 Å². The monoisotopic (exact) mass is 225 g/mol. The van der Waals surface area contributed by atoms with E-state index in [1.54, 1.807) is 11.8 Å². The molecule has 1 rings (SSSR count). The Morgan fingerprint density at radius 3 is 2.47 bits per heavy atom. The van der Waals surface area contributed by atoms with Crippen molar-refractivity contribution in [2.75, 3.05) is 11.6 Å². The molecule has 0 bridgehead atoms. The fourth-order valence-corrected chi connectivity index (χ4v) is 1.64. The van der Waals surface area contributed by atoms with Crippen molar-refractivity contribution in [3.8, 4) is 0 Å². The van der Waals surface area contributed by atoms with Gasteiger partial charge >= 0.3 is 5.97 Å². The molecule has 0 aromatic heterocycles. The SMILES string of the molecule is CCC(Nc1ccc(SC)cc1)C(=O)O. The Bertz CT molecular complexity index is 324. The van der Waals surface area contributed by atoms with E-state index in [0.29, 0.717) is 6.42 Å². The molecule has 2 N–H and O–H groups in total. The van der Waals surface area contributed by atoms with E-state index in [4.69, 9.17) is 5.11 Å². The fourth-order valence-electron chi connectivity index (χ4n) is 1.23. The number of anilines is 1. The first-order valence-electron chi connectivity index (χ1n) is 4.80. The van der Waals surface area contributed by atoms with Crippen LogP contribution in [0.4, 0.5) is 5.69 Å². The Balaban J connectivity index is 2.67. The van der Waals surface area contributed by atoms with Gasteiger partial charge in [-0.3, -0.25) is 0 Å². The molecule has 0 saturated carbocycles. The lowest BCUT2D eigenvalue weighted by molar-refractivity contribution is -0.137. The number of hydrogen-bond acceptors (Lipinski definition) is 3. The molecule has 3 nitrogen and oxygen atoms in total. The number of carboxylic acids is 1. The van der Waals surface area contributed by atoms with E-state index in [2.05, 4.69) is 5.32 Å². The number of thioether (sulfide) groups is 1. The van der Waals surface area contributed by atoms with E-state index in [1.807, 2.05) is 37.4 Å². The maximum absolute atomic E-state index is 10.8. The van der Waals surface area contributed by atoms with Crippen molar-refractivity contribution < 1.29 is 9.90 Å². The minimum atomic E-state index is -0.813. The number of hydrogen-bond donors (Lipinski definition) is 2. The molecule has 1 aromatic carbocycles. The predicted octanol–water partition coefficient (Wildman–Crippen LogP) is 2.68. The van der Waals surface area contributed by atoms with Gasteiger partial charge in [0.05, 0.1) is 0 Å². The first kappa shape index (κ1) is 11.9. The van der Waals surface area contributed by atoms with Crippen LogP contribution in [0.3, 0.4) is 0 Å². The van der Waals surface area contributed by atoms with Crippen LogP contribution in [0.5, 0.6) is 0 Å². The summed E-state index contributed by atoms with van der Waals surface area (Å²) in [6, 6.07) is 7.24. The van der Waals surface area contributed by atoms with Gasteiger partial charge in [0.25, 0.3) is 0 Å². The summed E-state index contributed by atoms with van der Waals surface area (Å²) in [5, 5.41) is 11.8. The van der Waals surface area contributed by atoms with Gasteiger partial charge in [-0.1, -0.05) is 6.92 Å². The zero-order valence-electron chi connectivity index (χ0n) is 8.86. The lowest BCUT2D eigenvalue weighted by atomic mass is 10.2.